The Hall–Kier alpha value is -3.00. The van der Waals surface area contributed by atoms with Crippen LogP contribution in [-0.4, -0.2) is 64.3 Å². The van der Waals surface area contributed by atoms with Crippen LogP contribution in [0.1, 0.15) is 33.6 Å². The third-order valence-corrected chi connectivity index (χ3v) is 6.19. The van der Waals surface area contributed by atoms with Crippen molar-refractivity contribution in [3.8, 4) is 0 Å². The van der Waals surface area contributed by atoms with Gasteiger partial charge in [0.1, 0.15) is 11.3 Å². The predicted octanol–water partition coefficient (Wildman–Crippen LogP) is 2.29. The largest absolute Gasteiger partial charge is 0.390 e. The van der Waals surface area contributed by atoms with Crippen LogP contribution in [0.3, 0.4) is 0 Å². The number of pyridine rings is 1. The highest BCUT2D eigenvalue weighted by atomic mass is 16.5. The fraction of sp³-hybridized carbons (Fsp3) is 0.360. The van der Waals surface area contributed by atoms with E-state index in [1.807, 2.05) is 22.7 Å². The smallest absolute Gasteiger partial charge is 0.271 e. The molecule has 1 aromatic carbocycles. The molecule has 2 aliphatic heterocycles. The summed E-state index contributed by atoms with van der Waals surface area (Å²) in [5.41, 5.74) is 6.14. The summed E-state index contributed by atoms with van der Waals surface area (Å²) in [6, 6.07) is 12.4. The molecule has 1 amide bonds. The van der Waals surface area contributed by atoms with Crippen molar-refractivity contribution >= 4 is 17.1 Å². The summed E-state index contributed by atoms with van der Waals surface area (Å²) in [5.74, 6) is -0.274. The number of nitrogens with zero attached hydrogens (tertiary/aromatic N) is 3. The fourth-order valence-corrected chi connectivity index (χ4v) is 4.45. The van der Waals surface area contributed by atoms with E-state index in [9.17, 15) is 9.90 Å². The molecule has 5 rings (SSSR count). The lowest BCUT2D eigenvalue weighted by Gasteiger charge is -2.30. The van der Waals surface area contributed by atoms with E-state index in [2.05, 4.69) is 45.5 Å². The minimum atomic E-state index is -0.631. The third-order valence-electron chi connectivity index (χ3n) is 6.19. The lowest BCUT2D eigenvalue weighted by molar-refractivity contribution is 0.0838. The van der Waals surface area contributed by atoms with E-state index in [-0.39, 0.29) is 12.5 Å². The summed E-state index contributed by atoms with van der Waals surface area (Å²) in [7, 11) is 0. The number of aromatic nitrogens is 2. The number of aliphatic hydroxyl groups is 1. The Labute approximate surface area is 187 Å². The van der Waals surface area contributed by atoms with Crippen LogP contribution in [0, 0.1) is 0 Å². The number of nitrogens with one attached hydrogen (secondary N) is 1. The normalized spacial score (nSPS) is 17.6. The molecule has 7 heteroatoms. The molecule has 7 nitrogen and oxygen atoms in total. The number of fused-ring (bicyclic) bond motifs is 2. The molecule has 0 spiro atoms. The van der Waals surface area contributed by atoms with Crippen LogP contribution >= 0.6 is 0 Å². The van der Waals surface area contributed by atoms with Crippen molar-refractivity contribution < 1.29 is 14.6 Å². The first-order valence-corrected chi connectivity index (χ1v) is 11.2. The van der Waals surface area contributed by atoms with Crippen molar-refractivity contribution in [2.75, 3.05) is 32.8 Å². The van der Waals surface area contributed by atoms with Crippen molar-refractivity contribution in [3.63, 3.8) is 0 Å². The van der Waals surface area contributed by atoms with Gasteiger partial charge in [0.15, 0.2) is 0 Å². The highest BCUT2D eigenvalue weighted by molar-refractivity contribution is 5.92. The number of amides is 1. The SMILES string of the molecule is O=C(NC[C@H](O)CN1CCc2ccccc2C1)c1cn2cc(C3=CCOCC3)ccc2n1. The van der Waals surface area contributed by atoms with Gasteiger partial charge in [-0.15, -0.1) is 0 Å². The van der Waals surface area contributed by atoms with Gasteiger partial charge in [-0.2, -0.15) is 0 Å². The van der Waals surface area contributed by atoms with Gasteiger partial charge in [0.25, 0.3) is 5.91 Å². The molecule has 0 radical (unpaired) electrons. The predicted molar refractivity (Wildman–Crippen MR) is 122 cm³/mol. The standard InChI is InChI=1S/C25H28N4O3/c30-22(16-28-10-7-18-3-1-2-4-20(18)14-28)13-26-25(31)23-17-29-15-21(5-6-24(29)27-23)19-8-11-32-12-9-19/h1-6,8,15,17,22,30H,7,9-14,16H2,(H,26,31)/t22-/m0/s1. The Morgan fingerprint density at radius 1 is 1.16 bits per heavy atom. The van der Waals surface area contributed by atoms with Crippen molar-refractivity contribution in [1.82, 2.24) is 19.6 Å². The zero-order valence-electron chi connectivity index (χ0n) is 18.0. The summed E-state index contributed by atoms with van der Waals surface area (Å²) in [6.45, 7) is 3.84. The van der Waals surface area contributed by atoms with E-state index in [0.717, 1.165) is 43.7 Å². The molecule has 166 valence electrons. The molecule has 0 saturated heterocycles. The van der Waals surface area contributed by atoms with Crippen LogP contribution in [-0.2, 0) is 17.7 Å². The van der Waals surface area contributed by atoms with Gasteiger partial charge in [0.05, 0.1) is 19.3 Å². The highest BCUT2D eigenvalue weighted by Crippen LogP contribution is 2.22. The second-order valence-electron chi connectivity index (χ2n) is 8.48. The number of rotatable bonds is 6. The molecule has 2 aliphatic rings. The van der Waals surface area contributed by atoms with E-state index in [0.29, 0.717) is 18.8 Å². The first-order valence-electron chi connectivity index (χ1n) is 11.2. The van der Waals surface area contributed by atoms with Crippen LogP contribution in [0.15, 0.2) is 54.9 Å². The van der Waals surface area contributed by atoms with Crippen LogP contribution < -0.4 is 5.32 Å². The quantitative estimate of drug-likeness (QED) is 0.625. The average Bonchev–Trinajstić information content (AvgIpc) is 3.27. The zero-order chi connectivity index (χ0) is 21.9. The maximum atomic E-state index is 12.6. The van der Waals surface area contributed by atoms with Gasteiger partial charge in [0.2, 0.25) is 0 Å². The molecule has 32 heavy (non-hydrogen) atoms. The molecule has 2 N–H and O–H groups in total. The third kappa shape index (κ3) is 4.60. The number of ether oxygens (including phenoxy) is 1. The molecule has 0 fully saturated rings. The highest BCUT2D eigenvalue weighted by Gasteiger charge is 2.19. The summed E-state index contributed by atoms with van der Waals surface area (Å²) < 4.78 is 7.26. The lowest BCUT2D eigenvalue weighted by atomic mass is 10.00. The number of benzene rings is 1. The second kappa shape index (κ2) is 9.24. The molecular weight excluding hydrogens is 404 g/mol. The summed E-state index contributed by atoms with van der Waals surface area (Å²) >= 11 is 0. The van der Waals surface area contributed by atoms with Gasteiger partial charge < -0.3 is 19.6 Å². The first-order chi connectivity index (χ1) is 15.7. The number of hydrogen-bond acceptors (Lipinski definition) is 5. The Balaban J connectivity index is 1.17. The Bertz CT molecular complexity index is 1150. The van der Waals surface area contributed by atoms with Crippen LogP contribution in [0.5, 0.6) is 0 Å². The molecule has 2 aromatic heterocycles. The number of imidazole rings is 1. The van der Waals surface area contributed by atoms with E-state index < -0.39 is 6.10 Å². The number of carbonyl (C=O) groups excluding carboxylic acids is 1. The number of carbonyl (C=O) groups is 1. The van der Waals surface area contributed by atoms with E-state index in [1.165, 1.54) is 16.7 Å². The lowest BCUT2D eigenvalue weighted by Crippen LogP contribution is -2.42. The van der Waals surface area contributed by atoms with Crippen LogP contribution in [0.4, 0.5) is 0 Å². The fourth-order valence-electron chi connectivity index (χ4n) is 4.45. The van der Waals surface area contributed by atoms with Gasteiger partial charge in [-0.05, 0) is 47.2 Å². The van der Waals surface area contributed by atoms with Crippen molar-refractivity contribution in [3.05, 3.63) is 77.3 Å². The van der Waals surface area contributed by atoms with E-state index in [4.69, 9.17) is 4.74 Å². The molecule has 0 saturated carbocycles. The molecule has 0 bridgehead atoms. The summed E-state index contributed by atoms with van der Waals surface area (Å²) in [6.07, 6.45) is 7.07. The van der Waals surface area contributed by atoms with Gasteiger partial charge in [-0.25, -0.2) is 4.98 Å². The van der Waals surface area contributed by atoms with Gasteiger partial charge in [-0.1, -0.05) is 30.3 Å². The van der Waals surface area contributed by atoms with Crippen molar-refractivity contribution in [1.29, 1.82) is 0 Å². The molecular formula is C25H28N4O3. The second-order valence-corrected chi connectivity index (χ2v) is 8.48. The Kier molecular flexibility index (Phi) is 6.03. The maximum Gasteiger partial charge on any atom is 0.271 e. The van der Waals surface area contributed by atoms with Crippen molar-refractivity contribution in [2.24, 2.45) is 0 Å². The minimum Gasteiger partial charge on any atom is -0.390 e. The molecule has 0 aliphatic carbocycles. The van der Waals surface area contributed by atoms with Gasteiger partial charge in [0, 0.05) is 38.6 Å². The Morgan fingerprint density at radius 2 is 2.03 bits per heavy atom. The maximum absolute atomic E-state index is 12.6. The number of β-amino-alcohol motifs (C(OH)–C–C–N with tert-alkyl or cyclic N) is 1. The van der Waals surface area contributed by atoms with E-state index >= 15 is 0 Å². The van der Waals surface area contributed by atoms with Crippen LogP contribution in [0.2, 0.25) is 0 Å². The monoisotopic (exact) mass is 432 g/mol. The van der Waals surface area contributed by atoms with Gasteiger partial charge >= 0.3 is 0 Å². The zero-order valence-corrected chi connectivity index (χ0v) is 18.0. The summed E-state index contributed by atoms with van der Waals surface area (Å²) in [4.78, 5) is 19.3. The molecule has 4 heterocycles. The Morgan fingerprint density at radius 3 is 2.88 bits per heavy atom. The minimum absolute atomic E-state index is 0.197. The van der Waals surface area contributed by atoms with Crippen LogP contribution in [0.25, 0.3) is 11.2 Å². The average molecular weight is 433 g/mol. The van der Waals surface area contributed by atoms with Crippen molar-refractivity contribution in [2.45, 2.75) is 25.5 Å². The molecule has 0 unspecified atom stereocenters. The molecule has 1 atom stereocenters. The molecule has 3 aromatic rings. The van der Waals surface area contributed by atoms with E-state index in [1.54, 1.807) is 6.20 Å². The number of aliphatic hydroxyl groups excluding tert-OH is 1. The summed E-state index contributed by atoms with van der Waals surface area (Å²) in [5, 5.41) is 13.3. The van der Waals surface area contributed by atoms with Gasteiger partial charge in [-0.3, -0.25) is 9.69 Å². The number of hydrogen-bond donors (Lipinski definition) is 2. The first kappa shape index (κ1) is 20.9. The topological polar surface area (TPSA) is 79.1 Å².